The number of fused-ring (bicyclic) bond motifs is 1. The number of aryl methyl sites for hydroxylation is 1. The van der Waals surface area contributed by atoms with Crippen LogP contribution in [-0.4, -0.2) is 4.98 Å². The first-order chi connectivity index (χ1) is 6.24. The monoisotopic (exact) mass is 178 g/mol. The van der Waals surface area contributed by atoms with Crippen molar-refractivity contribution in [2.75, 3.05) is 5.73 Å². The fraction of sp³-hybridized carbons (Fsp3) is 0.500. The lowest BCUT2D eigenvalue weighted by Crippen LogP contribution is -2.02. The normalized spacial score (nSPS) is 20.3. The highest BCUT2D eigenvalue weighted by Gasteiger charge is 2.24. The Morgan fingerprint density at radius 1 is 1.69 bits per heavy atom. The Morgan fingerprint density at radius 3 is 3.15 bits per heavy atom. The summed E-state index contributed by atoms with van der Waals surface area (Å²) in [5.41, 5.74) is 9.40. The van der Waals surface area contributed by atoms with Gasteiger partial charge in [-0.15, -0.1) is 0 Å². The van der Waals surface area contributed by atoms with Crippen molar-refractivity contribution in [1.82, 2.24) is 4.98 Å². The third-order valence-corrected chi connectivity index (χ3v) is 2.61. The number of hydrogen-bond acceptors (Lipinski definition) is 3. The molecule has 1 atom stereocenters. The van der Waals surface area contributed by atoms with Crippen LogP contribution in [0, 0.1) is 0 Å². The minimum Gasteiger partial charge on any atom is -0.383 e. The molecule has 0 bridgehead atoms. The van der Waals surface area contributed by atoms with Gasteiger partial charge in [0.15, 0.2) is 0 Å². The average Bonchev–Trinajstić information content (AvgIpc) is 2.50. The molecule has 70 valence electrons. The predicted octanol–water partition coefficient (Wildman–Crippen LogP) is 1.82. The summed E-state index contributed by atoms with van der Waals surface area (Å²) in [7, 11) is 0. The smallest absolute Gasteiger partial charge is 0.129 e. The maximum Gasteiger partial charge on any atom is 0.129 e. The van der Waals surface area contributed by atoms with Crippen LogP contribution < -0.4 is 5.73 Å². The van der Waals surface area contributed by atoms with Gasteiger partial charge in [-0.2, -0.15) is 0 Å². The minimum absolute atomic E-state index is 0.106. The van der Waals surface area contributed by atoms with E-state index in [1.807, 2.05) is 13.1 Å². The van der Waals surface area contributed by atoms with Gasteiger partial charge in [-0.25, -0.2) is 4.98 Å². The van der Waals surface area contributed by atoms with Crippen molar-refractivity contribution < 1.29 is 4.74 Å². The van der Waals surface area contributed by atoms with Gasteiger partial charge in [0.05, 0.1) is 12.7 Å². The van der Waals surface area contributed by atoms with E-state index in [1.165, 1.54) is 11.1 Å². The molecule has 1 aliphatic rings. The van der Waals surface area contributed by atoms with E-state index in [0.717, 1.165) is 12.0 Å². The van der Waals surface area contributed by atoms with Crippen molar-refractivity contribution in [2.45, 2.75) is 33.0 Å². The number of nitrogen functional groups attached to an aromatic ring is 1. The Kier molecular flexibility index (Phi) is 1.96. The molecule has 0 amide bonds. The van der Waals surface area contributed by atoms with Gasteiger partial charge < -0.3 is 10.5 Å². The van der Waals surface area contributed by atoms with E-state index in [1.54, 1.807) is 0 Å². The maximum absolute atomic E-state index is 5.79. The standard InChI is InChI=1S/C10H14N2O/c1-3-7-4-12-10(11)9-6(2)13-5-8(7)9/h4,6H,3,5H2,1-2H3,(H2,11,12). The van der Waals surface area contributed by atoms with Gasteiger partial charge in [0.25, 0.3) is 0 Å². The van der Waals surface area contributed by atoms with E-state index >= 15 is 0 Å². The summed E-state index contributed by atoms with van der Waals surface area (Å²) in [6.45, 7) is 4.83. The fourth-order valence-electron chi connectivity index (χ4n) is 1.84. The molecular formula is C10H14N2O. The molecule has 3 heteroatoms. The zero-order valence-corrected chi connectivity index (χ0v) is 8.00. The summed E-state index contributed by atoms with van der Waals surface area (Å²) in [6, 6.07) is 0. The SMILES string of the molecule is CCc1cnc(N)c2c1COC2C. The lowest BCUT2D eigenvalue weighted by Gasteiger charge is -2.08. The number of pyridine rings is 1. The van der Waals surface area contributed by atoms with Gasteiger partial charge in [0.1, 0.15) is 5.82 Å². The van der Waals surface area contributed by atoms with E-state index in [0.29, 0.717) is 12.4 Å². The molecular weight excluding hydrogens is 164 g/mol. The number of nitrogens with two attached hydrogens (primary N) is 1. The van der Waals surface area contributed by atoms with E-state index in [9.17, 15) is 0 Å². The molecule has 0 radical (unpaired) electrons. The largest absolute Gasteiger partial charge is 0.383 e. The number of anilines is 1. The number of hydrogen-bond donors (Lipinski definition) is 1. The van der Waals surface area contributed by atoms with Gasteiger partial charge in [-0.1, -0.05) is 6.92 Å². The van der Waals surface area contributed by atoms with Crippen LogP contribution in [0.2, 0.25) is 0 Å². The average molecular weight is 178 g/mol. The van der Waals surface area contributed by atoms with Crippen LogP contribution in [0.1, 0.15) is 36.6 Å². The molecule has 2 heterocycles. The van der Waals surface area contributed by atoms with Gasteiger partial charge in [0.2, 0.25) is 0 Å². The van der Waals surface area contributed by atoms with E-state index < -0.39 is 0 Å². The summed E-state index contributed by atoms with van der Waals surface area (Å²) in [5, 5.41) is 0. The number of ether oxygens (including phenoxy) is 1. The van der Waals surface area contributed by atoms with Crippen molar-refractivity contribution in [2.24, 2.45) is 0 Å². The molecule has 0 saturated heterocycles. The molecule has 2 N–H and O–H groups in total. The van der Waals surface area contributed by atoms with Crippen molar-refractivity contribution >= 4 is 5.82 Å². The zero-order chi connectivity index (χ0) is 9.42. The van der Waals surface area contributed by atoms with Gasteiger partial charge in [0, 0.05) is 11.8 Å². The topological polar surface area (TPSA) is 48.1 Å². The molecule has 0 fully saturated rings. The quantitative estimate of drug-likeness (QED) is 0.713. The molecule has 3 nitrogen and oxygen atoms in total. The second-order valence-corrected chi connectivity index (χ2v) is 3.37. The Morgan fingerprint density at radius 2 is 2.46 bits per heavy atom. The molecule has 1 aliphatic heterocycles. The molecule has 0 aromatic carbocycles. The predicted molar refractivity (Wildman–Crippen MR) is 51.2 cm³/mol. The molecule has 2 rings (SSSR count). The summed E-state index contributed by atoms with van der Waals surface area (Å²) in [5.74, 6) is 0.622. The van der Waals surface area contributed by atoms with Crippen LogP contribution in [-0.2, 0) is 17.8 Å². The van der Waals surface area contributed by atoms with Gasteiger partial charge in [-0.3, -0.25) is 0 Å². The van der Waals surface area contributed by atoms with Crippen LogP contribution in [0.4, 0.5) is 5.82 Å². The third-order valence-electron chi connectivity index (χ3n) is 2.61. The summed E-state index contributed by atoms with van der Waals surface area (Å²) in [4.78, 5) is 4.17. The minimum atomic E-state index is 0.106. The Labute approximate surface area is 77.9 Å². The van der Waals surface area contributed by atoms with Crippen LogP contribution in [0.25, 0.3) is 0 Å². The first-order valence-corrected chi connectivity index (χ1v) is 4.61. The molecule has 1 aromatic heterocycles. The summed E-state index contributed by atoms with van der Waals surface area (Å²) < 4.78 is 5.53. The number of aromatic nitrogens is 1. The van der Waals surface area contributed by atoms with Crippen LogP contribution in [0.5, 0.6) is 0 Å². The highest BCUT2D eigenvalue weighted by Crippen LogP contribution is 2.35. The van der Waals surface area contributed by atoms with Crippen molar-refractivity contribution in [3.8, 4) is 0 Å². The lowest BCUT2D eigenvalue weighted by molar-refractivity contribution is 0.0797. The van der Waals surface area contributed by atoms with E-state index in [4.69, 9.17) is 10.5 Å². The Bertz CT molecular complexity index is 336. The van der Waals surface area contributed by atoms with Gasteiger partial charge in [-0.05, 0) is 24.5 Å². The van der Waals surface area contributed by atoms with Crippen molar-refractivity contribution in [3.05, 3.63) is 22.9 Å². The van der Waals surface area contributed by atoms with Crippen molar-refractivity contribution in [3.63, 3.8) is 0 Å². The van der Waals surface area contributed by atoms with Gasteiger partial charge >= 0.3 is 0 Å². The second-order valence-electron chi connectivity index (χ2n) is 3.37. The summed E-state index contributed by atoms with van der Waals surface area (Å²) >= 11 is 0. The second kappa shape index (κ2) is 3.00. The molecule has 1 unspecified atom stereocenters. The zero-order valence-electron chi connectivity index (χ0n) is 8.00. The lowest BCUT2D eigenvalue weighted by atomic mass is 10.0. The molecule has 0 aliphatic carbocycles. The van der Waals surface area contributed by atoms with Crippen LogP contribution in [0.3, 0.4) is 0 Å². The molecule has 13 heavy (non-hydrogen) atoms. The third kappa shape index (κ3) is 1.20. The first kappa shape index (κ1) is 8.51. The highest BCUT2D eigenvalue weighted by atomic mass is 16.5. The van der Waals surface area contributed by atoms with Crippen molar-refractivity contribution in [1.29, 1.82) is 0 Å². The molecule has 0 saturated carbocycles. The fourth-order valence-corrected chi connectivity index (χ4v) is 1.84. The maximum atomic E-state index is 5.79. The summed E-state index contributed by atoms with van der Waals surface area (Å²) in [6.07, 6.45) is 2.95. The molecule has 0 spiro atoms. The van der Waals surface area contributed by atoms with E-state index in [2.05, 4.69) is 11.9 Å². The Hall–Kier alpha value is -1.09. The number of nitrogens with zero attached hydrogens (tertiary/aromatic N) is 1. The van der Waals surface area contributed by atoms with Crippen LogP contribution in [0.15, 0.2) is 6.20 Å². The first-order valence-electron chi connectivity index (χ1n) is 4.61. The molecule has 1 aromatic rings. The van der Waals surface area contributed by atoms with Crippen LogP contribution >= 0.6 is 0 Å². The van der Waals surface area contributed by atoms with E-state index in [-0.39, 0.29) is 6.10 Å². The highest BCUT2D eigenvalue weighted by molar-refractivity contribution is 5.50. The number of rotatable bonds is 1. The Balaban J connectivity index is 2.59.